The summed E-state index contributed by atoms with van der Waals surface area (Å²) in [6.07, 6.45) is 5.13. The Morgan fingerprint density at radius 1 is 1.15 bits per heavy atom. The lowest BCUT2D eigenvalue weighted by Gasteiger charge is -2.52. The minimum absolute atomic E-state index is 0.128. The van der Waals surface area contributed by atoms with Gasteiger partial charge in [-0.15, -0.1) is 0 Å². The minimum Gasteiger partial charge on any atom is -0.383 e. The van der Waals surface area contributed by atoms with E-state index in [0.717, 1.165) is 32.8 Å². The monoisotopic (exact) mass is 286 g/mol. The van der Waals surface area contributed by atoms with Gasteiger partial charge in [0.25, 0.3) is 0 Å². The second kappa shape index (κ2) is 8.98. The van der Waals surface area contributed by atoms with Crippen molar-refractivity contribution in [2.45, 2.75) is 45.1 Å². The molecule has 2 unspecified atom stereocenters. The van der Waals surface area contributed by atoms with Crippen LogP contribution in [0.25, 0.3) is 0 Å². The third-order valence-corrected chi connectivity index (χ3v) is 4.98. The van der Waals surface area contributed by atoms with Gasteiger partial charge in [0.05, 0.1) is 13.2 Å². The van der Waals surface area contributed by atoms with Crippen LogP contribution in [0.4, 0.5) is 0 Å². The topological polar surface area (TPSA) is 47.7 Å². The lowest BCUT2D eigenvalue weighted by Crippen LogP contribution is -2.62. The van der Waals surface area contributed by atoms with Gasteiger partial charge in [0, 0.05) is 39.4 Å². The second-order valence-electron chi connectivity index (χ2n) is 6.38. The standard InChI is InChI=1S/C16H34N2O2/c1-14(2)15-7-5-6-8-16(15,13-17)18(9-11-19-3)10-12-20-4/h14-15H,5-13,17H2,1-4H3. The highest BCUT2D eigenvalue weighted by atomic mass is 16.5. The van der Waals surface area contributed by atoms with E-state index in [9.17, 15) is 0 Å². The number of ether oxygens (including phenoxy) is 2. The summed E-state index contributed by atoms with van der Waals surface area (Å²) in [5, 5.41) is 0. The van der Waals surface area contributed by atoms with Crippen molar-refractivity contribution in [2.75, 3.05) is 47.1 Å². The first-order valence-corrected chi connectivity index (χ1v) is 8.05. The van der Waals surface area contributed by atoms with E-state index in [-0.39, 0.29) is 5.54 Å². The number of hydrogen-bond donors (Lipinski definition) is 1. The highest BCUT2D eigenvalue weighted by molar-refractivity contribution is 5.01. The average Bonchev–Trinajstić information content (AvgIpc) is 2.47. The van der Waals surface area contributed by atoms with Crippen LogP contribution in [0.5, 0.6) is 0 Å². The molecular weight excluding hydrogens is 252 g/mol. The lowest BCUT2D eigenvalue weighted by atomic mass is 9.67. The van der Waals surface area contributed by atoms with Crippen LogP contribution in [0.15, 0.2) is 0 Å². The minimum atomic E-state index is 0.128. The fraction of sp³-hybridized carbons (Fsp3) is 1.00. The molecule has 0 spiro atoms. The molecule has 0 heterocycles. The molecule has 2 atom stereocenters. The van der Waals surface area contributed by atoms with Crippen molar-refractivity contribution in [2.24, 2.45) is 17.6 Å². The third-order valence-electron chi connectivity index (χ3n) is 4.98. The first kappa shape index (κ1) is 17.9. The molecule has 1 rings (SSSR count). The van der Waals surface area contributed by atoms with Crippen molar-refractivity contribution in [3.8, 4) is 0 Å². The zero-order valence-electron chi connectivity index (χ0n) is 13.9. The van der Waals surface area contributed by atoms with Gasteiger partial charge in [-0.2, -0.15) is 0 Å². The van der Waals surface area contributed by atoms with E-state index in [2.05, 4.69) is 18.7 Å². The highest BCUT2D eigenvalue weighted by Gasteiger charge is 2.45. The molecule has 0 aromatic carbocycles. The molecule has 0 aromatic rings. The molecule has 20 heavy (non-hydrogen) atoms. The van der Waals surface area contributed by atoms with Crippen LogP contribution in [-0.2, 0) is 9.47 Å². The predicted molar refractivity (Wildman–Crippen MR) is 83.9 cm³/mol. The third kappa shape index (κ3) is 4.17. The molecule has 0 aliphatic heterocycles. The summed E-state index contributed by atoms with van der Waals surface area (Å²) in [5.41, 5.74) is 6.42. The Balaban J connectivity index is 2.92. The van der Waals surface area contributed by atoms with Crippen LogP contribution in [0.2, 0.25) is 0 Å². The maximum atomic E-state index is 6.29. The lowest BCUT2D eigenvalue weighted by molar-refractivity contribution is -0.0357. The van der Waals surface area contributed by atoms with Crippen LogP contribution in [-0.4, -0.2) is 57.5 Å². The van der Waals surface area contributed by atoms with Crippen LogP contribution in [0.3, 0.4) is 0 Å². The molecule has 0 aromatic heterocycles. The first-order chi connectivity index (χ1) is 9.62. The Labute approximate surface area is 125 Å². The van der Waals surface area contributed by atoms with Gasteiger partial charge in [-0.25, -0.2) is 0 Å². The number of rotatable bonds is 9. The van der Waals surface area contributed by atoms with Crippen LogP contribution >= 0.6 is 0 Å². The summed E-state index contributed by atoms with van der Waals surface area (Å²) < 4.78 is 10.6. The Morgan fingerprint density at radius 2 is 1.75 bits per heavy atom. The normalized spacial score (nSPS) is 27.4. The zero-order chi connectivity index (χ0) is 15.0. The molecule has 1 aliphatic carbocycles. The molecule has 120 valence electrons. The Kier molecular flexibility index (Phi) is 8.03. The molecule has 0 saturated heterocycles. The SMILES string of the molecule is COCCN(CCOC)C1(CN)CCCCC1C(C)C. The van der Waals surface area contributed by atoms with Crippen LogP contribution < -0.4 is 5.73 Å². The molecule has 4 nitrogen and oxygen atoms in total. The smallest absolute Gasteiger partial charge is 0.0589 e. The molecule has 1 aliphatic rings. The molecule has 0 radical (unpaired) electrons. The van der Waals surface area contributed by atoms with Crippen molar-refractivity contribution in [3.05, 3.63) is 0 Å². The summed E-state index contributed by atoms with van der Waals surface area (Å²) in [4.78, 5) is 2.55. The van der Waals surface area contributed by atoms with E-state index in [4.69, 9.17) is 15.2 Å². The quantitative estimate of drug-likeness (QED) is 0.705. The van der Waals surface area contributed by atoms with Gasteiger partial charge < -0.3 is 15.2 Å². The number of nitrogens with two attached hydrogens (primary N) is 1. The summed E-state index contributed by atoms with van der Waals surface area (Å²) >= 11 is 0. The predicted octanol–water partition coefficient (Wildman–Crippen LogP) is 2.12. The fourth-order valence-electron chi connectivity index (χ4n) is 3.94. The van der Waals surface area contributed by atoms with Crippen LogP contribution in [0, 0.1) is 11.8 Å². The Morgan fingerprint density at radius 3 is 2.20 bits per heavy atom. The summed E-state index contributed by atoms with van der Waals surface area (Å²) in [6, 6.07) is 0. The number of hydrogen-bond acceptors (Lipinski definition) is 4. The highest BCUT2D eigenvalue weighted by Crippen LogP contribution is 2.41. The zero-order valence-corrected chi connectivity index (χ0v) is 13.9. The van der Waals surface area contributed by atoms with Gasteiger partial charge >= 0.3 is 0 Å². The molecule has 0 amide bonds. The summed E-state index contributed by atoms with van der Waals surface area (Å²) in [7, 11) is 3.54. The van der Waals surface area contributed by atoms with Gasteiger partial charge in [0.15, 0.2) is 0 Å². The largest absolute Gasteiger partial charge is 0.383 e. The Bertz CT molecular complexity index is 253. The number of nitrogens with zero attached hydrogens (tertiary/aromatic N) is 1. The Hall–Kier alpha value is -0.160. The first-order valence-electron chi connectivity index (χ1n) is 8.05. The van der Waals surface area contributed by atoms with Crippen molar-refractivity contribution in [1.29, 1.82) is 0 Å². The van der Waals surface area contributed by atoms with E-state index in [1.165, 1.54) is 25.7 Å². The van der Waals surface area contributed by atoms with Gasteiger partial charge in [-0.05, 0) is 24.7 Å². The van der Waals surface area contributed by atoms with Crippen molar-refractivity contribution in [3.63, 3.8) is 0 Å². The van der Waals surface area contributed by atoms with Crippen molar-refractivity contribution >= 4 is 0 Å². The van der Waals surface area contributed by atoms with Gasteiger partial charge in [-0.1, -0.05) is 26.7 Å². The molecule has 4 heteroatoms. The van der Waals surface area contributed by atoms with Gasteiger partial charge in [0.1, 0.15) is 0 Å². The van der Waals surface area contributed by atoms with Gasteiger partial charge in [-0.3, -0.25) is 4.90 Å². The molecular formula is C16H34N2O2. The molecule has 1 saturated carbocycles. The van der Waals surface area contributed by atoms with Crippen LogP contribution in [0.1, 0.15) is 39.5 Å². The molecule has 0 bridgehead atoms. The maximum absolute atomic E-state index is 6.29. The fourth-order valence-corrected chi connectivity index (χ4v) is 3.94. The summed E-state index contributed by atoms with van der Waals surface area (Å²) in [5.74, 6) is 1.35. The van der Waals surface area contributed by atoms with Crippen molar-refractivity contribution < 1.29 is 9.47 Å². The van der Waals surface area contributed by atoms with Gasteiger partial charge in [0.2, 0.25) is 0 Å². The summed E-state index contributed by atoms with van der Waals surface area (Å²) in [6.45, 7) is 8.83. The molecule has 2 N–H and O–H groups in total. The van der Waals surface area contributed by atoms with E-state index in [1.54, 1.807) is 14.2 Å². The van der Waals surface area contributed by atoms with E-state index >= 15 is 0 Å². The maximum Gasteiger partial charge on any atom is 0.0589 e. The van der Waals surface area contributed by atoms with Crippen molar-refractivity contribution in [1.82, 2.24) is 4.90 Å². The van der Waals surface area contributed by atoms with E-state index < -0.39 is 0 Å². The number of methoxy groups -OCH3 is 2. The van der Waals surface area contributed by atoms with E-state index in [0.29, 0.717) is 11.8 Å². The average molecular weight is 286 g/mol. The molecule has 1 fully saturated rings. The second-order valence-corrected chi connectivity index (χ2v) is 6.38. The van der Waals surface area contributed by atoms with E-state index in [1.807, 2.05) is 0 Å².